The zero-order valence-corrected chi connectivity index (χ0v) is 13.2. The predicted molar refractivity (Wildman–Crippen MR) is 82.2 cm³/mol. The topological polar surface area (TPSA) is 63.3 Å². The molecule has 0 aromatic carbocycles. The summed E-state index contributed by atoms with van der Waals surface area (Å²) in [6, 6.07) is 3.54. The number of furan rings is 1. The van der Waals surface area contributed by atoms with E-state index in [1.807, 2.05) is 19.2 Å². The number of nitrogens with one attached hydrogen (secondary N) is 1. The van der Waals surface area contributed by atoms with E-state index in [9.17, 15) is 4.79 Å². The average Bonchev–Trinajstić information content (AvgIpc) is 3.23. The third kappa shape index (κ3) is 3.18. The maximum Gasteiger partial charge on any atom is 0.237 e. The lowest BCUT2D eigenvalue weighted by molar-refractivity contribution is -0.125. The van der Waals surface area contributed by atoms with Crippen LogP contribution in [0.25, 0.3) is 0 Å². The Hall–Kier alpha value is -1.79. The Balaban J connectivity index is 1.60. The molecule has 1 saturated heterocycles. The molecule has 0 radical (unpaired) electrons. The molecule has 1 aliphatic rings. The molecular weight excluding hydrogens is 304 g/mol. The van der Waals surface area contributed by atoms with Crippen molar-refractivity contribution in [2.75, 3.05) is 6.54 Å². The highest BCUT2D eigenvalue weighted by Gasteiger charge is 2.31. The molecule has 0 bridgehead atoms. The highest BCUT2D eigenvalue weighted by Crippen LogP contribution is 2.23. The molecule has 0 saturated carbocycles. The minimum absolute atomic E-state index is 0.0360. The highest BCUT2D eigenvalue weighted by atomic mass is 35.5. The standard InChI is InChI=1S/C15H19ClN4O2/c1-19-14(16)11(8-18-19)10-20-6-2-5-13(20)15(21)17-9-12-4-3-7-22-12/h3-4,7-8,13H,2,5-6,9-10H2,1H3,(H,17,21). The van der Waals surface area contributed by atoms with Gasteiger partial charge in [0.25, 0.3) is 0 Å². The Labute approximate surface area is 134 Å². The number of carbonyl (C=O) groups excluding carboxylic acids is 1. The first-order valence-corrected chi connectivity index (χ1v) is 7.73. The van der Waals surface area contributed by atoms with Gasteiger partial charge in [0.15, 0.2) is 0 Å². The lowest BCUT2D eigenvalue weighted by Crippen LogP contribution is -2.42. The first kappa shape index (κ1) is 15.1. The van der Waals surface area contributed by atoms with Crippen molar-refractivity contribution in [3.8, 4) is 0 Å². The van der Waals surface area contributed by atoms with E-state index in [0.29, 0.717) is 18.2 Å². The summed E-state index contributed by atoms with van der Waals surface area (Å²) in [5, 5.41) is 7.70. The average molecular weight is 323 g/mol. The van der Waals surface area contributed by atoms with Gasteiger partial charge in [0.1, 0.15) is 10.9 Å². The predicted octanol–water partition coefficient (Wildman–Crippen LogP) is 1.95. The first-order valence-electron chi connectivity index (χ1n) is 7.35. The molecule has 0 aliphatic carbocycles. The van der Waals surface area contributed by atoms with Crippen LogP contribution >= 0.6 is 11.6 Å². The van der Waals surface area contributed by atoms with Crippen LogP contribution in [0.3, 0.4) is 0 Å². The molecule has 22 heavy (non-hydrogen) atoms. The normalized spacial score (nSPS) is 18.7. The fraction of sp³-hybridized carbons (Fsp3) is 0.467. The van der Waals surface area contributed by atoms with Crippen molar-refractivity contribution in [2.45, 2.75) is 32.0 Å². The monoisotopic (exact) mass is 322 g/mol. The van der Waals surface area contributed by atoms with Crippen LogP contribution in [-0.2, 0) is 24.9 Å². The molecular formula is C15H19ClN4O2. The molecule has 2 aromatic heterocycles. The van der Waals surface area contributed by atoms with Gasteiger partial charge in [-0.2, -0.15) is 5.10 Å². The number of likely N-dealkylation sites (tertiary alicyclic amines) is 1. The third-order valence-electron chi connectivity index (χ3n) is 3.99. The van der Waals surface area contributed by atoms with Gasteiger partial charge in [-0.25, -0.2) is 0 Å². The molecule has 1 amide bonds. The summed E-state index contributed by atoms with van der Waals surface area (Å²) in [5.41, 5.74) is 0.954. The molecule has 3 rings (SSSR count). The minimum Gasteiger partial charge on any atom is -0.467 e. The number of nitrogens with zero attached hydrogens (tertiary/aromatic N) is 3. The van der Waals surface area contributed by atoms with Crippen molar-refractivity contribution in [1.29, 1.82) is 0 Å². The Morgan fingerprint density at radius 3 is 3.14 bits per heavy atom. The number of amides is 1. The van der Waals surface area contributed by atoms with Gasteiger partial charge in [-0.05, 0) is 31.5 Å². The van der Waals surface area contributed by atoms with E-state index >= 15 is 0 Å². The molecule has 2 aromatic rings. The quantitative estimate of drug-likeness (QED) is 0.914. The molecule has 0 spiro atoms. The van der Waals surface area contributed by atoms with Crippen LogP contribution in [-0.4, -0.2) is 33.2 Å². The van der Waals surface area contributed by atoms with Gasteiger partial charge in [-0.1, -0.05) is 11.6 Å². The summed E-state index contributed by atoms with van der Waals surface area (Å²) >= 11 is 6.20. The van der Waals surface area contributed by atoms with Gasteiger partial charge in [0.05, 0.1) is 25.0 Å². The first-order chi connectivity index (χ1) is 10.6. The fourth-order valence-corrected chi connectivity index (χ4v) is 2.96. The van der Waals surface area contributed by atoms with E-state index in [0.717, 1.165) is 30.7 Å². The summed E-state index contributed by atoms with van der Waals surface area (Å²) in [7, 11) is 1.81. The number of rotatable bonds is 5. The maximum absolute atomic E-state index is 12.4. The second-order valence-corrected chi connectivity index (χ2v) is 5.87. The lowest BCUT2D eigenvalue weighted by atomic mass is 10.2. The molecule has 1 fully saturated rings. The Morgan fingerprint density at radius 2 is 2.45 bits per heavy atom. The van der Waals surface area contributed by atoms with E-state index in [2.05, 4.69) is 15.3 Å². The van der Waals surface area contributed by atoms with Crippen LogP contribution in [0.15, 0.2) is 29.0 Å². The summed E-state index contributed by atoms with van der Waals surface area (Å²) < 4.78 is 6.87. The number of aromatic nitrogens is 2. The van der Waals surface area contributed by atoms with Gasteiger partial charge < -0.3 is 9.73 Å². The number of halogens is 1. The maximum atomic E-state index is 12.4. The molecule has 118 valence electrons. The summed E-state index contributed by atoms with van der Waals surface area (Å²) in [6.07, 6.45) is 5.24. The second kappa shape index (κ2) is 6.54. The zero-order chi connectivity index (χ0) is 15.5. The van der Waals surface area contributed by atoms with Crippen molar-refractivity contribution in [1.82, 2.24) is 20.0 Å². The largest absolute Gasteiger partial charge is 0.467 e. The Kier molecular flexibility index (Phi) is 4.49. The molecule has 1 aliphatic heterocycles. The Morgan fingerprint density at radius 1 is 1.59 bits per heavy atom. The number of hydrogen-bond donors (Lipinski definition) is 1. The van der Waals surface area contributed by atoms with E-state index in [4.69, 9.17) is 16.0 Å². The van der Waals surface area contributed by atoms with E-state index in [1.54, 1.807) is 17.1 Å². The Bertz CT molecular complexity index is 638. The minimum atomic E-state index is -0.119. The summed E-state index contributed by atoms with van der Waals surface area (Å²) in [4.78, 5) is 14.5. The van der Waals surface area contributed by atoms with Gasteiger partial charge in [0, 0.05) is 19.2 Å². The smallest absolute Gasteiger partial charge is 0.237 e. The summed E-state index contributed by atoms with van der Waals surface area (Å²) in [6.45, 7) is 1.96. The fourth-order valence-electron chi connectivity index (χ4n) is 2.81. The van der Waals surface area contributed by atoms with Crippen molar-refractivity contribution in [3.63, 3.8) is 0 Å². The third-order valence-corrected chi connectivity index (χ3v) is 4.48. The van der Waals surface area contributed by atoms with E-state index in [1.165, 1.54) is 0 Å². The van der Waals surface area contributed by atoms with Gasteiger partial charge >= 0.3 is 0 Å². The van der Waals surface area contributed by atoms with Crippen molar-refractivity contribution < 1.29 is 9.21 Å². The molecule has 1 atom stereocenters. The number of carbonyl (C=O) groups is 1. The van der Waals surface area contributed by atoms with Gasteiger partial charge in [0.2, 0.25) is 5.91 Å². The van der Waals surface area contributed by atoms with Gasteiger partial charge in [-0.3, -0.25) is 14.4 Å². The second-order valence-electron chi connectivity index (χ2n) is 5.51. The van der Waals surface area contributed by atoms with Crippen LogP contribution < -0.4 is 5.32 Å². The SMILES string of the molecule is Cn1ncc(CN2CCCC2C(=O)NCc2ccco2)c1Cl. The van der Waals surface area contributed by atoms with E-state index in [-0.39, 0.29) is 11.9 Å². The van der Waals surface area contributed by atoms with Crippen molar-refractivity contribution in [2.24, 2.45) is 7.05 Å². The number of aryl methyl sites for hydroxylation is 1. The van der Waals surface area contributed by atoms with Crippen LogP contribution in [0.5, 0.6) is 0 Å². The molecule has 7 heteroatoms. The number of hydrogen-bond acceptors (Lipinski definition) is 4. The van der Waals surface area contributed by atoms with Crippen molar-refractivity contribution >= 4 is 17.5 Å². The lowest BCUT2D eigenvalue weighted by Gasteiger charge is -2.23. The van der Waals surface area contributed by atoms with E-state index < -0.39 is 0 Å². The molecule has 3 heterocycles. The van der Waals surface area contributed by atoms with Crippen LogP contribution in [0.1, 0.15) is 24.2 Å². The molecule has 1 N–H and O–H groups in total. The molecule has 6 nitrogen and oxygen atoms in total. The molecule has 1 unspecified atom stereocenters. The summed E-state index contributed by atoms with van der Waals surface area (Å²) in [5.74, 6) is 0.794. The zero-order valence-electron chi connectivity index (χ0n) is 12.5. The van der Waals surface area contributed by atoms with Crippen molar-refractivity contribution in [3.05, 3.63) is 41.1 Å². The van der Waals surface area contributed by atoms with Crippen LogP contribution in [0.4, 0.5) is 0 Å². The highest BCUT2D eigenvalue weighted by molar-refractivity contribution is 6.30. The van der Waals surface area contributed by atoms with Crippen LogP contribution in [0, 0.1) is 0 Å². The van der Waals surface area contributed by atoms with Crippen LogP contribution in [0.2, 0.25) is 5.15 Å². The van der Waals surface area contributed by atoms with Gasteiger partial charge in [-0.15, -0.1) is 0 Å².